The van der Waals surface area contributed by atoms with Gasteiger partial charge in [-0.05, 0) is 72.8 Å². The number of aromatic amines is 1. The van der Waals surface area contributed by atoms with Crippen molar-refractivity contribution in [1.82, 2.24) is 9.29 Å². The van der Waals surface area contributed by atoms with Crippen molar-refractivity contribution in [1.29, 1.82) is 0 Å². The number of fused-ring (bicyclic) bond motifs is 1. The van der Waals surface area contributed by atoms with Crippen LogP contribution in [-0.4, -0.2) is 17.7 Å². The Labute approximate surface area is 185 Å². The van der Waals surface area contributed by atoms with Crippen LogP contribution in [-0.2, 0) is 23.1 Å². The monoisotopic (exact) mass is 456 g/mol. The molecule has 8 heteroatoms. The molecular weight excluding hydrogens is 436 g/mol. The number of rotatable bonds is 6. The molecule has 0 aliphatic rings. The van der Waals surface area contributed by atoms with E-state index < -0.39 is 10.0 Å². The zero-order chi connectivity index (χ0) is 22.2. The highest BCUT2D eigenvalue weighted by atomic mass is 35.5. The van der Waals surface area contributed by atoms with Crippen molar-refractivity contribution in [2.75, 3.05) is 0 Å². The van der Waals surface area contributed by atoms with Crippen molar-refractivity contribution in [3.8, 4) is 0 Å². The van der Waals surface area contributed by atoms with Crippen LogP contribution in [0.3, 0.4) is 0 Å². The Morgan fingerprint density at radius 1 is 1.03 bits per heavy atom. The molecule has 0 radical (unpaired) electrons. The van der Waals surface area contributed by atoms with Crippen LogP contribution in [0.1, 0.15) is 22.5 Å². The second-order valence-corrected chi connectivity index (χ2v) is 9.78. The van der Waals surface area contributed by atoms with Gasteiger partial charge in [-0.15, -0.1) is 0 Å². The highest BCUT2D eigenvalue weighted by molar-refractivity contribution is 7.89. The smallest absolute Gasteiger partial charge is 0.252 e. The number of nitrogens with zero attached hydrogens (tertiary/aromatic N) is 1. The van der Waals surface area contributed by atoms with E-state index in [0.29, 0.717) is 16.3 Å². The maximum absolute atomic E-state index is 13.4. The lowest BCUT2D eigenvalue weighted by Gasteiger charge is -2.21. The molecule has 1 N–H and O–H groups in total. The lowest BCUT2D eigenvalue weighted by Crippen LogP contribution is -2.32. The van der Waals surface area contributed by atoms with Gasteiger partial charge in [-0.1, -0.05) is 23.7 Å². The molecule has 0 atom stereocenters. The second-order valence-electron chi connectivity index (χ2n) is 7.40. The molecule has 4 aromatic rings. The molecule has 0 unspecified atom stereocenters. The number of hydrogen-bond donors (Lipinski definition) is 1. The zero-order valence-corrected chi connectivity index (χ0v) is 18.6. The van der Waals surface area contributed by atoms with Crippen LogP contribution in [0.2, 0.25) is 5.02 Å². The summed E-state index contributed by atoms with van der Waals surface area (Å²) in [5, 5.41) is 1.28. The van der Waals surface area contributed by atoms with E-state index in [1.807, 2.05) is 26.0 Å². The van der Waals surface area contributed by atoms with Gasteiger partial charge in [-0.2, -0.15) is 4.31 Å². The van der Waals surface area contributed by atoms with Gasteiger partial charge >= 0.3 is 0 Å². The predicted octanol–water partition coefficient (Wildman–Crippen LogP) is 4.78. The van der Waals surface area contributed by atoms with Crippen molar-refractivity contribution in [2.24, 2.45) is 0 Å². The number of hydrogen-bond acceptors (Lipinski definition) is 4. The summed E-state index contributed by atoms with van der Waals surface area (Å²) >= 11 is 5.92. The number of benzene rings is 2. The van der Waals surface area contributed by atoms with Gasteiger partial charge in [0.1, 0.15) is 5.76 Å². The maximum atomic E-state index is 13.4. The lowest BCUT2D eigenvalue weighted by atomic mass is 10.0. The Kier molecular flexibility index (Phi) is 5.75. The molecule has 0 aliphatic heterocycles. The Balaban J connectivity index is 1.78. The van der Waals surface area contributed by atoms with Crippen molar-refractivity contribution in [3.05, 3.63) is 98.7 Å². The molecule has 160 valence electrons. The van der Waals surface area contributed by atoms with E-state index >= 15 is 0 Å². The number of aromatic nitrogens is 1. The Morgan fingerprint density at radius 3 is 2.45 bits per heavy atom. The van der Waals surface area contributed by atoms with E-state index in [2.05, 4.69) is 4.98 Å². The highest BCUT2D eigenvalue weighted by Gasteiger charge is 2.27. The Hall–Kier alpha value is -2.87. The van der Waals surface area contributed by atoms with Crippen LogP contribution < -0.4 is 5.56 Å². The van der Waals surface area contributed by atoms with Gasteiger partial charge in [-0.25, -0.2) is 8.42 Å². The number of halogens is 1. The van der Waals surface area contributed by atoms with Crippen molar-refractivity contribution < 1.29 is 12.8 Å². The molecule has 0 aliphatic carbocycles. The number of sulfonamides is 1. The van der Waals surface area contributed by atoms with Crippen LogP contribution >= 0.6 is 11.6 Å². The van der Waals surface area contributed by atoms with Crippen LogP contribution in [0.4, 0.5) is 0 Å². The first-order valence-corrected chi connectivity index (χ1v) is 11.5. The molecule has 2 aromatic carbocycles. The number of nitrogens with one attached hydrogen (secondary N) is 1. The van der Waals surface area contributed by atoms with E-state index in [-0.39, 0.29) is 23.5 Å². The zero-order valence-electron chi connectivity index (χ0n) is 17.1. The van der Waals surface area contributed by atoms with Crippen LogP contribution in [0.5, 0.6) is 0 Å². The molecule has 31 heavy (non-hydrogen) atoms. The Morgan fingerprint density at radius 2 is 1.77 bits per heavy atom. The third-order valence-corrected chi connectivity index (χ3v) is 7.40. The van der Waals surface area contributed by atoms with E-state index in [1.165, 1.54) is 34.8 Å². The van der Waals surface area contributed by atoms with Gasteiger partial charge in [0.05, 0.1) is 23.2 Å². The normalized spacial score (nSPS) is 12.0. The third kappa shape index (κ3) is 4.30. The largest absolute Gasteiger partial charge is 0.468 e. The maximum Gasteiger partial charge on any atom is 0.252 e. The summed E-state index contributed by atoms with van der Waals surface area (Å²) in [6, 6.07) is 15.0. The second kappa shape index (κ2) is 8.34. The number of H-pyrrole nitrogens is 1. The molecule has 6 nitrogen and oxygen atoms in total. The quantitative estimate of drug-likeness (QED) is 0.452. The fraction of sp³-hybridized carbons (Fsp3) is 0.174. The first-order valence-electron chi connectivity index (χ1n) is 9.66. The van der Waals surface area contributed by atoms with Gasteiger partial charge in [0.2, 0.25) is 10.0 Å². The fourth-order valence-corrected chi connectivity index (χ4v) is 4.95. The minimum absolute atomic E-state index is 0.0115. The lowest BCUT2D eigenvalue weighted by molar-refractivity contribution is 0.357. The van der Waals surface area contributed by atoms with Gasteiger partial charge < -0.3 is 9.40 Å². The third-order valence-electron chi connectivity index (χ3n) is 5.34. The van der Waals surface area contributed by atoms with Gasteiger partial charge in [0.25, 0.3) is 5.56 Å². The van der Waals surface area contributed by atoms with E-state index in [0.717, 1.165) is 22.0 Å². The summed E-state index contributed by atoms with van der Waals surface area (Å²) in [6.07, 6.45) is 1.48. The average Bonchev–Trinajstić information content (AvgIpc) is 3.25. The van der Waals surface area contributed by atoms with Crippen LogP contribution in [0.15, 0.2) is 75.0 Å². The molecule has 0 spiro atoms. The fourth-order valence-electron chi connectivity index (χ4n) is 3.44. The van der Waals surface area contributed by atoms with Gasteiger partial charge in [0, 0.05) is 17.1 Å². The van der Waals surface area contributed by atoms with Crippen LogP contribution in [0.25, 0.3) is 10.9 Å². The predicted molar refractivity (Wildman–Crippen MR) is 121 cm³/mol. The van der Waals surface area contributed by atoms with Crippen LogP contribution in [0, 0.1) is 13.8 Å². The summed E-state index contributed by atoms with van der Waals surface area (Å²) in [7, 11) is -3.92. The SMILES string of the molecule is Cc1ccc2cc(CN(Cc3ccco3)S(=O)(=O)c3ccc(Cl)cc3)c(=O)[nH]c2c1C. The summed E-state index contributed by atoms with van der Waals surface area (Å²) < 4.78 is 33.4. The first-order chi connectivity index (χ1) is 14.8. The van der Waals surface area contributed by atoms with E-state index in [9.17, 15) is 13.2 Å². The van der Waals surface area contributed by atoms with Gasteiger partial charge in [-0.3, -0.25) is 4.79 Å². The van der Waals surface area contributed by atoms with E-state index in [4.69, 9.17) is 16.0 Å². The topological polar surface area (TPSA) is 83.4 Å². The first kappa shape index (κ1) is 21.4. The molecule has 0 bridgehead atoms. The van der Waals surface area contributed by atoms with Crippen molar-refractivity contribution >= 4 is 32.5 Å². The van der Waals surface area contributed by atoms with Crippen molar-refractivity contribution in [3.63, 3.8) is 0 Å². The number of furan rings is 1. The van der Waals surface area contributed by atoms with Crippen molar-refractivity contribution in [2.45, 2.75) is 31.8 Å². The minimum atomic E-state index is -3.92. The summed E-state index contributed by atoms with van der Waals surface area (Å²) in [5.74, 6) is 0.473. The number of aryl methyl sites for hydroxylation is 2. The molecule has 0 saturated carbocycles. The Bertz CT molecular complexity index is 1390. The molecule has 0 amide bonds. The molecule has 4 rings (SSSR count). The number of pyridine rings is 1. The minimum Gasteiger partial charge on any atom is -0.468 e. The average molecular weight is 457 g/mol. The molecule has 0 saturated heterocycles. The molecule has 0 fully saturated rings. The highest BCUT2D eigenvalue weighted by Crippen LogP contribution is 2.24. The summed E-state index contributed by atoms with van der Waals surface area (Å²) in [4.78, 5) is 15.8. The summed E-state index contributed by atoms with van der Waals surface area (Å²) in [6.45, 7) is 3.80. The standard InChI is InChI=1S/C23H21ClN2O4S/c1-15-5-6-17-12-18(23(27)25-22(17)16(15)2)13-26(14-20-4-3-11-30-20)31(28,29)21-9-7-19(24)8-10-21/h3-12H,13-14H2,1-2H3,(H,25,27). The molecule has 2 aromatic heterocycles. The summed E-state index contributed by atoms with van der Waals surface area (Å²) in [5.41, 5.74) is 2.84. The van der Waals surface area contributed by atoms with Gasteiger partial charge in [0.15, 0.2) is 0 Å². The molecular formula is C23H21ClN2O4S. The molecule has 2 heterocycles. The van der Waals surface area contributed by atoms with E-state index in [1.54, 1.807) is 18.2 Å².